The van der Waals surface area contributed by atoms with Crippen LogP contribution in [-0.4, -0.2) is 18.0 Å². The SMILES string of the molecule is COc1ccc(C(=O)Nc2ccc(Cl)nc2Cl)cc1. The molecule has 0 aliphatic heterocycles. The van der Waals surface area contributed by atoms with Gasteiger partial charge in [0.25, 0.3) is 5.91 Å². The van der Waals surface area contributed by atoms with Crippen LogP contribution in [0.25, 0.3) is 0 Å². The predicted molar refractivity (Wildman–Crippen MR) is 75.2 cm³/mol. The van der Waals surface area contributed by atoms with E-state index in [0.717, 1.165) is 0 Å². The molecule has 0 saturated heterocycles. The monoisotopic (exact) mass is 296 g/mol. The van der Waals surface area contributed by atoms with Crippen molar-refractivity contribution in [2.75, 3.05) is 12.4 Å². The summed E-state index contributed by atoms with van der Waals surface area (Å²) in [6, 6.07) is 9.88. The van der Waals surface area contributed by atoms with E-state index >= 15 is 0 Å². The first-order chi connectivity index (χ1) is 9.10. The average Bonchev–Trinajstić information content (AvgIpc) is 2.42. The summed E-state index contributed by atoms with van der Waals surface area (Å²) in [5.41, 5.74) is 0.902. The van der Waals surface area contributed by atoms with Gasteiger partial charge in [0.2, 0.25) is 0 Å². The van der Waals surface area contributed by atoms with Gasteiger partial charge in [-0.15, -0.1) is 0 Å². The van der Waals surface area contributed by atoms with Gasteiger partial charge in [0, 0.05) is 5.56 Å². The van der Waals surface area contributed by atoms with Gasteiger partial charge >= 0.3 is 0 Å². The molecule has 0 atom stereocenters. The molecule has 1 N–H and O–H groups in total. The van der Waals surface area contributed by atoms with Crippen LogP contribution in [0.2, 0.25) is 10.3 Å². The number of halogens is 2. The number of carbonyl (C=O) groups is 1. The van der Waals surface area contributed by atoms with Crippen molar-refractivity contribution in [3.63, 3.8) is 0 Å². The normalized spacial score (nSPS) is 10.1. The molecule has 4 nitrogen and oxygen atoms in total. The lowest BCUT2D eigenvalue weighted by Gasteiger charge is -2.07. The fourth-order valence-corrected chi connectivity index (χ4v) is 1.83. The molecule has 98 valence electrons. The van der Waals surface area contributed by atoms with Gasteiger partial charge in [-0.05, 0) is 36.4 Å². The molecular weight excluding hydrogens is 287 g/mol. The van der Waals surface area contributed by atoms with Crippen LogP contribution in [0.15, 0.2) is 36.4 Å². The topological polar surface area (TPSA) is 51.2 Å². The Hall–Kier alpha value is -1.78. The first-order valence-electron chi connectivity index (χ1n) is 5.37. The second kappa shape index (κ2) is 5.91. The van der Waals surface area contributed by atoms with Gasteiger partial charge in [-0.1, -0.05) is 23.2 Å². The van der Waals surface area contributed by atoms with Gasteiger partial charge in [-0.25, -0.2) is 4.98 Å². The van der Waals surface area contributed by atoms with E-state index in [0.29, 0.717) is 17.0 Å². The molecule has 0 aliphatic carbocycles. The highest BCUT2D eigenvalue weighted by molar-refractivity contribution is 6.34. The molecule has 0 bridgehead atoms. The van der Waals surface area contributed by atoms with Gasteiger partial charge in [0.05, 0.1) is 12.8 Å². The number of benzene rings is 1. The van der Waals surface area contributed by atoms with E-state index in [9.17, 15) is 4.79 Å². The molecule has 0 spiro atoms. The first-order valence-corrected chi connectivity index (χ1v) is 6.13. The highest BCUT2D eigenvalue weighted by Gasteiger charge is 2.09. The minimum Gasteiger partial charge on any atom is -0.497 e. The van der Waals surface area contributed by atoms with Gasteiger partial charge < -0.3 is 10.1 Å². The van der Waals surface area contributed by atoms with Crippen LogP contribution in [0.1, 0.15) is 10.4 Å². The number of aromatic nitrogens is 1. The van der Waals surface area contributed by atoms with E-state index in [1.165, 1.54) is 0 Å². The third-order valence-electron chi connectivity index (χ3n) is 2.42. The maximum atomic E-state index is 12.0. The molecule has 0 radical (unpaired) electrons. The highest BCUT2D eigenvalue weighted by Crippen LogP contribution is 2.22. The van der Waals surface area contributed by atoms with Gasteiger partial charge in [0.15, 0.2) is 5.15 Å². The van der Waals surface area contributed by atoms with Crippen molar-refractivity contribution in [2.45, 2.75) is 0 Å². The van der Waals surface area contributed by atoms with Crippen LogP contribution < -0.4 is 10.1 Å². The standard InChI is InChI=1S/C13H10Cl2N2O2/c1-19-9-4-2-8(3-5-9)13(18)16-10-6-7-11(14)17-12(10)15/h2-7H,1H3,(H,16,18). The lowest BCUT2D eigenvalue weighted by atomic mass is 10.2. The summed E-state index contributed by atoms with van der Waals surface area (Å²) in [6.07, 6.45) is 0. The quantitative estimate of drug-likeness (QED) is 0.880. The van der Waals surface area contributed by atoms with E-state index in [1.54, 1.807) is 43.5 Å². The zero-order valence-electron chi connectivity index (χ0n) is 9.98. The number of hydrogen-bond donors (Lipinski definition) is 1. The van der Waals surface area contributed by atoms with Crippen molar-refractivity contribution < 1.29 is 9.53 Å². The lowest BCUT2D eigenvalue weighted by molar-refractivity contribution is 0.102. The summed E-state index contributed by atoms with van der Waals surface area (Å²) in [6.45, 7) is 0. The Balaban J connectivity index is 2.15. The summed E-state index contributed by atoms with van der Waals surface area (Å²) in [4.78, 5) is 15.8. The number of rotatable bonds is 3. The Morgan fingerprint density at radius 1 is 1.16 bits per heavy atom. The molecule has 1 amide bonds. The molecule has 19 heavy (non-hydrogen) atoms. The van der Waals surface area contributed by atoms with Crippen molar-refractivity contribution in [3.8, 4) is 5.75 Å². The summed E-state index contributed by atoms with van der Waals surface area (Å²) in [5.74, 6) is 0.399. The van der Waals surface area contributed by atoms with Crippen LogP contribution in [0, 0.1) is 0 Å². The van der Waals surface area contributed by atoms with Crippen LogP contribution in [0.3, 0.4) is 0 Å². The van der Waals surface area contributed by atoms with E-state index in [4.69, 9.17) is 27.9 Å². The first kappa shape index (κ1) is 13.6. The average molecular weight is 297 g/mol. The smallest absolute Gasteiger partial charge is 0.255 e. The number of hydrogen-bond acceptors (Lipinski definition) is 3. The minimum atomic E-state index is -0.284. The lowest BCUT2D eigenvalue weighted by Crippen LogP contribution is -2.12. The molecule has 0 unspecified atom stereocenters. The van der Waals surface area contributed by atoms with E-state index in [2.05, 4.69) is 10.3 Å². The van der Waals surface area contributed by atoms with Crippen molar-refractivity contribution in [3.05, 3.63) is 52.3 Å². The fraction of sp³-hybridized carbons (Fsp3) is 0.0769. The van der Waals surface area contributed by atoms with Crippen molar-refractivity contribution >= 4 is 34.8 Å². The van der Waals surface area contributed by atoms with Crippen molar-refractivity contribution in [1.82, 2.24) is 4.98 Å². The summed E-state index contributed by atoms with van der Waals surface area (Å²) in [7, 11) is 1.56. The number of ether oxygens (including phenoxy) is 1. The van der Waals surface area contributed by atoms with Gasteiger partial charge in [-0.2, -0.15) is 0 Å². The number of nitrogens with zero attached hydrogens (tertiary/aromatic N) is 1. The predicted octanol–water partition coefficient (Wildman–Crippen LogP) is 3.65. The molecule has 1 aromatic carbocycles. The molecule has 1 heterocycles. The number of amides is 1. The molecule has 0 saturated carbocycles. The molecule has 2 rings (SSSR count). The molecule has 2 aromatic rings. The van der Waals surface area contributed by atoms with E-state index in [-0.39, 0.29) is 16.2 Å². The summed E-state index contributed by atoms with van der Waals surface area (Å²) in [5, 5.41) is 3.08. The number of anilines is 1. The van der Waals surface area contributed by atoms with Crippen LogP contribution in [-0.2, 0) is 0 Å². The van der Waals surface area contributed by atoms with E-state index < -0.39 is 0 Å². The Morgan fingerprint density at radius 2 is 1.84 bits per heavy atom. The Kier molecular flexibility index (Phi) is 4.24. The maximum absolute atomic E-state index is 12.0. The number of nitrogens with one attached hydrogen (secondary N) is 1. The van der Waals surface area contributed by atoms with Crippen molar-refractivity contribution in [2.24, 2.45) is 0 Å². The maximum Gasteiger partial charge on any atom is 0.255 e. The van der Waals surface area contributed by atoms with Crippen molar-refractivity contribution in [1.29, 1.82) is 0 Å². The van der Waals surface area contributed by atoms with E-state index in [1.807, 2.05) is 0 Å². The van der Waals surface area contributed by atoms with Crippen LogP contribution in [0.4, 0.5) is 5.69 Å². The van der Waals surface area contributed by atoms with Gasteiger partial charge in [-0.3, -0.25) is 4.79 Å². The molecule has 6 heteroatoms. The Bertz CT molecular complexity index is 600. The Morgan fingerprint density at radius 3 is 2.42 bits per heavy atom. The Labute approximate surface area is 120 Å². The molecule has 0 aliphatic rings. The van der Waals surface area contributed by atoms with Crippen LogP contribution >= 0.6 is 23.2 Å². The second-order valence-corrected chi connectivity index (χ2v) is 4.40. The summed E-state index contributed by atoms with van der Waals surface area (Å²) >= 11 is 11.6. The number of carbonyl (C=O) groups excluding carboxylic acids is 1. The summed E-state index contributed by atoms with van der Waals surface area (Å²) < 4.78 is 5.02. The zero-order chi connectivity index (χ0) is 13.8. The van der Waals surface area contributed by atoms with Crippen LogP contribution in [0.5, 0.6) is 5.75 Å². The third kappa shape index (κ3) is 3.36. The number of pyridine rings is 1. The largest absolute Gasteiger partial charge is 0.497 e. The fourth-order valence-electron chi connectivity index (χ4n) is 1.44. The highest BCUT2D eigenvalue weighted by atomic mass is 35.5. The molecular formula is C13H10Cl2N2O2. The second-order valence-electron chi connectivity index (χ2n) is 3.65. The molecule has 1 aromatic heterocycles. The zero-order valence-corrected chi connectivity index (χ0v) is 11.5. The molecule has 0 fully saturated rings. The minimum absolute atomic E-state index is 0.148. The number of methoxy groups -OCH3 is 1. The van der Waals surface area contributed by atoms with Gasteiger partial charge in [0.1, 0.15) is 10.9 Å². The third-order valence-corrected chi connectivity index (χ3v) is 2.91.